The molecule has 8 nitrogen and oxygen atoms in total. The van der Waals surface area contributed by atoms with E-state index in [-0.39, 0.29) is 12.2 Å². The minimum absolute atomic E-state index is 0.0567. The van der Waals surface area contributed by atoms with E-state index >= 15 is 0 Å². The topological polar surface area (TPSA) is 111 Å². The molecule has 3 heterocycles. The van der Waals surface area contributed by atoms with Crippen LogP contribution in [0.15, 0.2) is 24.5 Å². The van der Waals surface area contributed by atoms with Crippen LogP contribution in [0.3, 0.4) is 0 Å². The first-order valence-electron chi connectivity index (χ1n) is 6.38. The van der Waals surface area contributed by atoms with Crippen molar-refractivity contribution in [3.05, 3.63) is 47.2 Å². The van der Waals surface area contributed by atoms with E-state index in [0.717, 1.165) is 16.9 Å². The molecule has 0 unspecified atom stereocenters. The van der Waals surface area contributed by atoms with Gasteiger partial charge in [-0.25, -0.2) is 14.5 Å². The molecule has 0 radical (unpaired) electrons. The number of imidazole rings is 1. The second-order valence-corrected chi connectivity index (χ2v) is 4.76. The highest BCUT2D eigenvalue weighted by Crippen LogP contribution is 2.11. The zero-order chi connectivity index (χ0) is 15.0. The van der Waals surface area contributed by atoms with Crippen molar-refractivity contribution < 1.29 is 9.90 Å². The van der Waals surface area contributed by atoms with Gasteiger partial charge in [-0.2, -0.15) is 0 Å². The number of nitrogens with two attached hydrogens (primary N) is 1. The third-order valence-corrected chi connectivity index (χ3v) is 3.19. The lowest BCUT2D eigenvalue weighted by Gasteiger charge is -2.02. The molecule has 0 atom stereocenters. The second kappa shape index (κ2) is 4.98. The zero-order valence-electron chi connectivity index (χ0n) is 11.4. The van der Waals surface area contributed by atoms with Crippen molar-refractivity contribution in [3.8, 4) is 0 Å². The number of aromatic nitrogens is 5. The molecule has 0 bridgehead atoms. The van der Waals surface area contributed by atoms with Crippen molar-refractivity contribution in [2.45, 2.75) is 20.0 Å². The Hall–Kier alpha value is -2.74. The Balaban J connectivity index is 1.96. The van der Waals surface area contributed by atoms with E-state index in [9.17, 15) is 4.79 Å². The largest absolute Gasteiger partial charge is 0.476 e. The molecule has 3 aromatic heterocycles. The minimum atomic E-state index is -1.13. The summed E-state index contributed by atoms with van der Waals surface area (Å²) in [5.41, 5.74) is 8.58. The number of fused-ring (bicyclic) bond motifs is 1. The molecular weight excluding hydrogens is 272 g/mol. The van der Waals surface area contributed by atoms with Crippen LogP contribution in [0, 0.1) is 6.92 Å². The lowest BCUT2D eigenvalue weighted by atomic mass is 10.3. The number of carboxylic acid groups (broad SMARTS) is 1. The van der Waals surface area contributed by atoms with E-state index in [2.05, 4.69) is 15.3 Å². The molecule has 3 rings (SSSR count). The average molecular weight is 286 g/mol. The Kier molecular flexibility index (Phi) is 3.15. The lowest BCUT2D eigenvalue weighted by molar-refractivity contribution is 0.0689. The molecule has 0 amide bonds. The first-order chi connectivity index (χ1) is 10.1. The third kappa shape index (κ3) is 2.36. The second-order valence-electron chi connectivity index (χ2n) is 4.76. The summed E-state index contributed by atoms with van der Waals surface area (Å²) in [6, 6.07) is 3.90. The van der Waals surface area contributed by atoms with E-state index < -0.39 is 5.97 Å². The van der Waals surface area contributed by atoms with Gasteiger partial charge in [-0.05, 0) is 18.6 Å². The summed E-state index contributed by atoms with van der Waals surface area (Å²) in [4.78, 5) is 15.5. The Bertz CT molecular complexity index is 819. The number of hydrogen-bond acceptors (Lipinski definition) is 5. The van der Waals surface area contributed by atoms with Crippen LogP contribution < -0.4 is 5.73 Å². The SMILES string of the molecule is Cc1ccc2nc(Cn3nnc(C(=O)O)c3CN)cn2c1. The number of carbonyl (C=O) groups is 1. The van der Waals surface area contributed by atoms with Gasteiger partial charge in [0.15, 0.2) is 5.69 Å². The van der Waals surface area contributed by atoms with Crippen LogP contribution in [-0.4, -0.2) is 35.5 Å². The van der Waals surface area contributed by atoms with Gasteiger partial charge in [0.1, 0.15) is 5.65 Å². The predicted molar refractivity (Wildman–Crippen MR) is 73.9 cm³/mol. The summed E-state index contributed by atoms with van der Waals surface area (Å²) in [6.45, 7) is 2.39. The maximum absolute atomic E-state index is 11.0. The van der Waals surface area contributed by atoms with Crippen LogP contribution in [0.4, 0.5) is 0 Å². The number of rotatable bonds is 4. The average Bonchev–Trinajstić information content (AvgIpc) is 3.01. The molecular formula is C13H14N6O2. The highest BCUT2D eigenvalue weighted by atomic mass is 16.4. The fourth-order valence-corrected chi connectivity index (χ4v) is 2.21. The monoisotopic (exact) mass is 286 g/mol. The van der Waals surface area contributed by atoms with Crippen LogP contribution >= 0.6 is 0 Å². The van der Waals surface area contributed by atoms with Crippen molar-refractivity contribution in [2.24, 2.45) is 5.73 Å². The number of carboxylic acids is 1. The van der Waals surface area contributed by atoms with E-state index in [1.165, 1.54) is 4.68 Å². The predicted octanol–water partition coefficient (Wildman–Crippen LogP) is 0.439. The van der Waals surface area contributed by atoms with Gasteiger partial charge < -0.3 is 15.2 Å². The zero-order valence-corrected chi connectivity index (χ0v) is 11.4. The number of nitrogens with zero attached hydrogens (tertiary/aromatic N) is 5. The molecule has 0 aromatic carbocycles. The molecule has 8 heteroatoms. The van der Waals surface area contributed by atoms with Crippen LogP contribution in [0.5, 0.6) is 0 Å². The van der Waals surface area contributed by atoms with Gasteiger partial charge in [-0.15, -0.1) is 5.10 Å². The van der Waals surface area contributed by atoms with E-state index in [4.69, 9.17) is 10.8 Å². The summed E-state index contributed by atoms with van der Waals surface area (Å²) in [7, 11) is 0. The summed E-state index contributed by atoms with van der Waals surface area (Å²) < 4.78 is 3.39. The molecule has 0 aliphatic carbocycles. The van der Waals surface area contributed by atoms with Crippen LogP contribution in [0.1, 0.15) is 27.4 Å². The molecule has 0 saturated carbocycles. The van der Waals surface area contributed by atoms with Gasteiger partial charge >= 0.3 is 5.97 Å². The van der Waals surface area contributed by atoms with E-state index in [1.54, 1.807) is 0 Å². The Morgan fingerprint density at radius 2 is 2.19 bits per heavy atom. The fraction of sp³-hybridized carbons (Fsp3) is 0.231. The quantitative estimate of drug-likeness (QED) is 0.719. The van der Waals surface area contributed by atoms with E-state index in [0.29, 0.717) is 12.2 Å². The molecule has 108 valence electrons. The number of hydrogen-bond donors (Lipinski definition) is 2. The first kappa shape index (κ1) is 13.3. The van der Waals surface area contributed by atoms with Gasteiger partial charge in [0, 0.05) is 18.9 Å². The smallest absolute Gasteiger partial charge is 0.358 e. The molecule has 0 saturated heterocycles. The number of aryl methyl sites for hydroxylation is 1. The molecule has 0 spiro atoms. The maximum atomic E-state index is 11.0. The Morgan fingerprint density at radius 1 is 1.38 bits per heavy atom. The molecule has 3 aromatic rings. The Labute approximate surface area is 119 Å². The normalized spacial score (nSPS) is 11.1. The number of pyridine rings is 1. The lowest BCUT2D eigenvalue weighted by Crippen LogP contribution is -2.13. The standard InChI is InChI=1S/C13H14N6O2/c1-8-2-3-11-15-9(6-18(11)5-8)7-19-10(4-14)12(13(20)21)16-17-19/h2-3,5-6H,4,7,14H2,1H3,(H,20,21). The summed E-state index contributed by atoms with van der Waals surface area (Å²) in [5, 5.41) is 16.5. The molecule has 0 aliphatic heterocycles. The summed E-state index contributed by atoms with van der Waals surface area (Å²) in [6.07, 6.45) is 3.85. The first-order valence-corrected chi connectivity index (χ1v) is 6.38. The molecule has 0 aliphatic rings. The minimum Gasteiger partial charge on any atom is -0.476 e. The van der Waals surface area contributed by atoms with Crippen LogP contribution in [0.2, 0.25) is 0 Å². The number of aromatic carboxylic acids is 1. The van der Waals surface area contributed by atoms with E-state index in [1.807, 2.05) is 35.9 Å². The Morgan fingerprint density at radius 3 is 2.90 bits per heavy atom. The summed E-state index contributed by atoms with van der Waals surface area (Å²) >= 11 is 0. The van der Waals surface area contributed by atoms with Gasteiger partial charge in [0.05, 0.1) is 17.9 Å². The van der Waals surface area contributed by atoms with Gasteiger partial charge in [-0.3, -0.25) is 0 Å². The highest BCUT2D eigenvalue weighted by molar-refractivity contribution is 5.86. The fourth-order valence-electron chi connectivity index (χ4n) is 2.21. The van der Waals surface area contributed by atoms with Crippen LogP contribution in [0.25, 0.3) is 5.65 Å². The van der Waals surface area contributed by atoms with Gasteiger partial charge in [-0.1, -0.05) is 11.3 Å². The van der Waals surface area contributed by atoms with Crippen molar-refractivity contribution in [1.29, 1.82) is 0 Å². The molecule has 3 N–H and O–H groups in total. The van der Waals surface area contributed by atoms with Crippen molar-refractivity contribution in [2.75, 3.05) is 0 Å². The van der Waals surface area contributed by atoms with Crippen molar-refractivity contribution in [1.82, 2.24) is 24.4 Å². The molecule has 0 fully saturated rings. The molecule has 21 heavy (non-hydrogen) atoms. The highest BCUT2D eigenvalue weighted by Gasteiger charge is 2.18. The van der Waals surface area contributed by atoms with Crippen LogP contribution in [-0.2, 0) is 13.1 Å². The van der Waals surface area contributed by atoms with Crippen molar-refractivity contribution >= 4 is 11.6 Å². The van der Waals surface area contributed by atoms with Gasteiger partial charge in [0.2, 0.25) is 0 Å². The van der Waals surface area contributed by atoms with Gasteiger partial charge in [0.25, 0.3) is 0 Å². The maximum Gasteiger partial charge on any atom is 0.358 e. The van der Waals surface area contributed by atoms with Crippen molar-refractivity contribution in [3.63, 3.8) is 0 Å². The third-order valence-electron chi connectivity index (χ3n) is 3.19. The summed E-state index contributed by atoms with van der Waals surface area (Å²) in [5.74, 6) is -1.13.